The van der Waals surface area contributed by atoms with Crippen molar-refractivity contribution in [2.75, 3.05) is 42.5 Å². The average molecular weight is 531 g/mol. The number of hydrogen-bond acceptors (Lipinski definition) is 4. The van der Waals surface area contributed by atoms with Crippen molar-refractivity contribution in [2.45, 2.75) is 51.0 Å². The fourth-order valence-electron chi connectivity index (χ4n) is 4.90. The van der Waals surface area contributed by atoms with Gasteiger partial charge in [-0.05, 0) is 69.5 Å². The molecule has 4 rings (SSSR count). The van der Waals surface area contributed by atoms with Gasteiger partial charge in [-0.3, -0.25) is 4.79 Å². The molecule has 2 saturated heterocycles. The number of benzene rings is 1. The summed E-state index contributed by atoms with van der Waals surface area (Å²) in [6, 6.07) is 5.22. The highest BCUT2D eigenvalue weighted by Gasteiger charge is 2.37. The molecule has 0 aliphatic carbocycles. The smallest absolute Gasteiger partial charge is 0.345 e. The molecule has 0 saturated carbocycles. The topological polar surface area (TPSA) is 39.7 Å². The number of anilines is 2. The molecule has 196 valence electrons. The Morgan fingerprint density at radius 2 is 1.97 bits per heavy atom. The van der Waals surface area contributed by atoms with Crippen LogP contribution in [-0.4, -0.2) is 60.7 Å². The lowest BCUT2D eigenvalue weighted by Crippen LogP contribution is -2.47. The van der Waals surface area contributed by atoms with E-state index < -0.39 is 29.8 Å². The largest absolute Gasteiger partial charge is 0.416 e. The molecule has 1 aromatic carbocycles. The van der Waals surface area contributed by atoms with E-state index in [1.54, 1.807) is 4.90 Å². The van der Waals surface area contributed by atoms with Crippen LogP contribution in [0.15, 0.2) is 30.3 Å². The third kappa shape index (κ3) is 6.08. The third-order valence-electron chi connectivity index (χ3n) is 6.65. The van der Waals surface area contributed by atoms with Gasteiger partial charge in [-0.25, -0.2) is 13.8 Å². The Labute approximate surface area is 211 Å². The summed E-state index contributed by atoms with van der Waals surface area (Å²) < 4.78 is 67.6. The van der Waals surface area contributed by atoms with E-state index in [9.17, 15) is 26.7 Å². The van der Waals surface area contributed by atoms with Gasteiger partial charge in [-0.1, -0.05) is 11.6 Å². The number of aromatic nitrogens is 1. The van der Waals surface area contributed by atoms with Crippen LogP contribution < -0.4 is 9.80 Å². The number of alkyl halides is 4. The van der Waals surface area contributed by atoms with Gasteiger partial charge >= 0.3 is 6.18 Å². The van der Waals surface area contributed by atoms with E-state index in [1.807, 2.05) is 4.90 Å². The molecule has 2 atom stereocenters. The van der Waals surface area contributed by atoms with Crippen molar-refractivity contribution in [1.82, 2.24) is 9.88 Å². The SMILES string of the molecule is Cc1cc(C(F)(F)F)cc(N2CCC[C@H]2C(=O)N(CCCN2CC[C@@H](F)C2)c2ccc(F)c(Cl)c2)n1. The number of nitrogens with zero attached hydrogens (tertiary/aromatic N) is 4. The van der Waals surface area contributed by atoms with Crippen LogP contribution >= 0.6 is 11.6 Å². The van der Waals surface area contributed by atoms with E-state index in [0.717, 1.165) is 12.1 Å². The standard InChI is InChI=1S/C25H28ClF5N4O/c1-16-12-17(25(29,30)31)13-23(32-16)35-9-2-4-22(35)24(36)34(19-5-6-21(28)20(26)14-19)10-3-8-33-11-7-18(27)15-33/h5-6,12-14,18,22H,2-4,7-11,15H2,1H3/t18-,22+/m1/s1. The molecule has 2 fully saturated rings. The summed E-state index contributed by atoms with van der Waals surface area (Å²) in [6.07, 6.45) is -3.31. The summed E-state index contributed by atoms with van der Waals surface area (Å²) in [5, 5.41) is -0.136. The van der Waals surface area contributed by atoms with Gasteiger partial charge in [-0.15, -0.1) is 0 Å². The number of pyridine rings is 1. The minimum atomic E-state index is -4.53. The van der Waals surface area contributed by atoms with Gasteiger partial charge in [-0.2, -0.15) is 13.2 Å². The van der Waals surface area contributed by atoms with Crippen molar-refractivity contribution in [1.29, 1.82) is 0 Å². The number of rotatable bonds is 7. The lowest BCUT2D eigenvalue weighted by Gasteiger charge is -2.32. The highest BCUT2D eigenvalue weighted by Crippen LogP contribution is 2.34. The summed E-state index contributed by atoms with van der Waals surface area (Å²) >= 11 is 5.99. The first-order valence-electron chi connectivity index (χ1n) is 12.0. The molecule has 36 heavy (non-hydrogen) atoms. The van der Waals surface area contributed by atoms with Crippen LogP contribution in [0.3, 0.4) is 0 Å². The Bertz CT molecular complexity index is 1100. The normalized spacial score (nSPS) is 20.8. The Kier molecular flexibility index (Phi) is 8.04. The van der Waals surface area contributed by atoms with E-state index >= 15 is 0 Å². The molecule has 0 radical (unpaired) electrons. The van der Waals surface area contributed by atoms with Crippen LogP contribution in [0.2, 0.25) is 5.02 Å². The number of carbonyl (C=O) groups is 1. The maximum atomic E-state index is 13.8. The van der Waals surface area contributed by atoms with Crippen molar-refractivity contribution in [3.63, 3.8) is 0 Å². The number of hydrogen-bond donors (Lipinski definition) is 0. The quantitative estimate of drug-likeness (QED) is 0.435. The van der Waals surface area contributed by atoms with E-state index in [1.165, 1.54) is 30.0 Å². The predicted octanol–water partition coefficient (Wildman–Crippen LogP) is 5.64. The second-order valence-corrected chi connectivity index (χ2v) is 9.74. The summed E-state index contributed by atoms with van der Waals surface area (Å²) in [6.45, 7) is 3.73. The van der Waals surface area contributed by atoms with Crippen LogP contribution in [0.25, 0.3) is 0 Å². The zero-order valence-electron chi connectivity index (χ0n) is 19.9. The molecule has 1 aromatic heterocycles. The highest BCUT2D eigenvalue weighted by molar-refractivity contribution is 6.31. The van der Waals surface area contributed by atoms with Gasteiger partial charge in [0.1, 0.15) is 23.8 Å². The first-order chi connectivity index (χ1) is 17.0. The van der Waals surface area contributed by atoms with Gasteiger partial charge in [0.25, 0.3) is 0 Å². The van der Waals surface area contributed by atoms with E-state index in [-0.39, 0.29) is 29.0 Å². The summed E-state index contributed by atoms with van der Waals surface area (Å²) in [4.78, 5) is 23.2. The molecule has 0 spiro atoms. The predicted molar refractivity (Wildman–Crippen MR) is 129 cm³/mol. The fourth-order valence-corrected chi connectivity index (χ4v) is 5.07. The molecular weight excluding hydrogens is 503 g/mol. The van der Waals surface area contributed by atoms with Gasteiger partial charge < -0.3 is 14.7 Å². The van der Waals surface area contributed by atoms with Gasteiger partial charge in [0.05, 0.1) is 10.6 Å². The molecule has 2 aromatic rings. The van der Waals surface area contributed by atoms with E-state index in [0.29, 0.717) is 57.5 Å². The van der Waals surface area contributed by atoms with Crippen molar-refractivity contribution in [3.05, 3.63) is 52.4 Å². The van der Waals surface area contributed by atoms with Crippen molar-refractivity contribution in [2.24, 2.45) is 0 Å². The average Bonchev–Trinajstić information content (AvgIpc) is 3.46. The van der Waals surface area contributed by atoms with Crippen molar-refractivity contribution >= 4 is 29.0 Å². The Morgan fingerprint density at radius 1 is 1.19 bits per heavy atom. The highest BCUT2D eigenvalue weighted by atomic mass is 35.5. The molecule has 11 heteroatoms. The Hall–Kier alpha value is -2.46. The lowest BCUT2D eigenvalue weighted by atomic mass is 10.1. The van der Waals surface area contributed by atoms with E-state index in [4.69, 9.17) is 11.6 Å². The van der Waals surface area contributed by atoms with E-state index in [2.05, 4.69) is 4.98 Å². The maximum Gasteiger partial charge on any atom is 0.416 e. The maximum absolute atomic E-state index is 13.8. The van der Waals surface area contributed by atoms with Gasteiger partial charge in [0.2, 0.25) is 5.91 Å². The Morgan fingerprint density at radius 3 is 2.64 bits per heavy atom. The minimum absolute atomic E-state index is 0.0984. The molecule has 2 aliphatic heterocycles. The number of amides is 1. The second-order valence-electron chi connectivity index (χ2n) is 9.33. The molecule has 0 unspecified atom stereocenters. The summed E-state index contributed by atoms with van der Waals surface area (Å²) in [5.74, 6) is -0.844. The molecule has 0 bridgehead atoms. The monoisotopic (exact) mass is 530 g/mol. The zero-order chi connectivity index (χ0) is 26.0. The van der Waals surface area contributed by atoms with Crippen LogP contribution in [0.4, 0.5) is 33.5 Å². The lowest BCUT2D eigenvalue weighted by molar-refractivity contribution is -0.137. The molecular formula is C25H28ClF5N4O. The Balaban J connectivity index is 1.58. The van der Waals surface area contributed by atoms with Crippen molar-refractivity contribution < 1.29 is 26.7 Å². The van der Waals surface area contributed by atoms with Gasteiger partial charge in [0, 0.05) is 37.6 Å². The molecule has 3 heterocycles. The van der Waals surface area contributed by atoms with Gasteiger partial charge in [0.15, 0.2) is 0 Å². The summed E-state index contributed by atoms with van der Waals surface area (Å²) in [5.41, 5.74) is -0.213. The molecule has 5 nitrogen and oxygen atoms in total. The third-order valence-corrected chi connectivity index (χ3v) is 6.94. The first kappa shape index (κ1) is 26.6. The van der Waals surface area contributed by atoms with Crippen LogP contribution in [0.5, 0.6) is 0 Å². The summed E-state index contributed by atoms with van der Waals surface area (Å²) in [7, 11) is 0. The van der Waals surface area contributed by atoms with Crippen LogP contribution in [-0.2, 0) is 11.0 Å². The molecule has 1 amide bonds. The number of likely N-dealkylation sites (tertiary alicyclic amines) is 1. The first-order valence-corrected chi connectivity index (χ1v) is 12.4. The van der Waals surface area contributed by atoms with Crippen LogP contribution in [0.1, 0.15) is 36.9 Å². The minimum Gasteiger partial charge on any atom is -0.345 e. The zero-order valence-corrected chi connectivity index (χ0v) is 20.6. The second kappa shape index (κ2) is 10.9. The number of halogens is 6. The molecule has 2 aliphatic rings. The fraction of sp³-hybridized carbons (Fsp3) is 0.520. The van der Waals surface area contributed by atoms with Crippen LogP contribution in [0, 0.1) is 12.7 Å². The molecule has 0 N–H and O–H groups in total. The number of carbonyl (C=O) groups excluding carboxylic acids is 1. The van der Waals surface area contributed by atoms with Crippen molar-refractivity contribution in [3.8, 4) is 0 Å². The number of aryl methyl sites for hydroxylation is 1.